The third-order valence-electron chi connectivity index (χ3n) is 7.35. The van der Waals surface area contributed by atoms with Crippen LogP contribution in [0.5, 0.6) is 0 Å². The smallest absolute Gasteiger partial charge is 0.407 e. The molecule has 0 aliphatic carbocycles. The second-order valence-corrected chi connectivity index (χ2v) is 11.3. The molecule has 8 nitrogen and oxygen atoms in total. The van der Waals surface area contributed by atoms with Gasteiger partial charge in [0.1, 0.15) is 5.60 Å². The molecule has 1 saturated heterocycles. The molecule has 200 valence electrons. The average molecular weight is 516 g/mol. The maximum Gasteiger partial charge on any atom is 0.407 e. The van der Waals surface area contributed by atoms with Gasteiger partial charge in [-0.1, -0.05) is 18.2 Å². The molecule has 2 aromatic carbocycles. The minimum atomic E-state index is -0.565. The number of fused-ring (bicyclic) bond motifs is 2. The molecule has 0 unspecified atom stereocenters. The third-order valence-corrected chi connectivity index (χ3v) is 7.35. The zero-order valence-corrected chi connectivity index (χ0v) is 23.1. The predicted molar refractivity (Wildman–Crippen MR) is 150 cm³/mol. The molecule has 0 spiro atoms. The lowest BCUT2D eigenvalue weighted by molar-refractivity contribution is 0.0412. The minimum absolute atomic E-state index is 0.0510. The Kier molecular flexibility index (Phi) is 6.67. The molecule has 38 heavy (non-hydrogen) atoms. The van der Waals surface area contributed by atoms with Crippen LogP contribution in [0.2, 0.25) is 0 Å². The number of alkyl carbamates (subject to hydrolysis) is 1. The third kappa shape index (κ3) is 4.87. The molecule has 2 amide bonds. The summed E-state index contributed by atoms with van der Waals surface area (Å²) in [5, 5.41) is 4.12. The molecule has 3 heterocycles. The summed E-state index contributed by atoms with van der Waals surface area (Å²) in [5.41, 5.74) is 4.03. The topological polar surface area (TPSA) is 81.4 Å². The lowest BCUT2D eigenvalue weighted by Gasteiger charge is -2.38. The summed E-state index contributed by atoms with van der Waals surface area (Å²) in [6.07, 6.45) is 1.17. The zero-order chi connectivity index (χ0) is 27.2. The number of imidazole rings is 1. The van der Waals surface area contributed by atoms with Crippen LogP contribution in [0.25, 0.3) is 33.5 Å². The van der Waals surface area contributed by atoms with Gasteiger partial charge >= 0.3 is 6.09 Å². The number of para-hydroxylation sites is 1. The van der Waals surface area contributed by atoms with Crippen molar-refractivity contribution >= 4 is 33.9 Å². The van der Waals surface area contributed by atoms with E-state index in [1.165, 1.54) is 10.9 Å². The molecule has 1 aliphatic heterocycles. The van der Waals surface area contributed by atoms with Crippen LogP contribution in [-0.2, 0) is 18.3 Å². The Hall–Kier alpha value is -3.81. The molecule has 2 aromatic heterocycles. The Morgan fingerprint density at radius 1 is 1.08 bits per heavy atom. The van der Waals surface area contributed by atoms with Crippen molar-refractivity contribution in [1.29, 1.82) is 0 Å². The highest BCUT2D eigenvalue weighted by Gasteiger charge is 2.31. The SMILES string of the molecule is CCn1c(-c2nc3cc(C(=O)N4C[C@@H](NC(=O)OC(C)(C)C)CC[C@H]4C)ccc3n2C)cc2ccccc21. The number of aromatic nitrogens is 3. The number of rotatable bonds is 4. The Morgan fingerprint density at radius 3 is 2.58 bits per heavy atom. The standard InChI is InChI=1S/C30H37N5O3/c1-7-34-24-11-9-8-10-20(24)17-26(34)27-32-23-16-21(13-15-25(23)33(27)6)28(36)35-18-22(14-12-19(35)2)31-29(37)38-30(3,4)5/h8-11,13,15-17,19,22H,7,12,14,18H2,1-6H3,(H,31,37)/t19-,22+/m1/s1. The zero-order valence-electron chi connectivity index (χ0n) is 23.1. The largest absolute Gasteiger partial charge is 0.444 e. The summed E-state index contributed by atoms with van der Waals surface area (Å²) in [5.74, 6) is 0.820. The van der Waals surface area contributed by atoms with Gasteiger partial charge in [-0.25, -0.2) is 9.78 Å². The number of hydrogen-bond acceptors (Lipinski definition) is 4. The van der Waals surface area contributed by atoms with Crippen molar-refractivity contribution in [3.63, 3.8) is 0 Å². The van der Waals surface area contributed by atoms with Crippen LogP contribution < -0.4 is 5.32 Å². The van der Waals surface area contributed by atoms with E-state index >= 15 is 0 Å². The summed E-state index contributed by atoms with van der Waals surface area (Å²) in [6, 6.07) is 16.2. The first-order valence-electron chi connectivity index (χ1n) is 13.4. The molecular formula is C30H37N5O3. The fraction of sp³-hybridized carbons (Fsp3) is 0.433. The molecule has 0 saturated carbocycles. The van der Waals surface area contributed by atoms with Gasteiger partial charge in [-0.3, -0.25) is 4.79 Å². The van der Waals surface area contributed by atoms with Gasteiger partial charge in [-0.2, -0.15) is 0 Å². The molecular weight excluding hydrogens is 478 g/mol. The fourth-order valence-electron chi connectivity index (χ4n) is 5.45. The van der Waals surface area contributed by atoms with Crippen molar-refractivity contribution in [1.82, 2.24) is 24.3 Å². The number of ether oxygens (including phenoxy) is 1. The van der Waals surface area contributed by atoms with Crippen molar-refractivity contribution in [3.8, 4) is 11.5 Å². The first-order chi connectivity index (χ1) is 18.1. The lowest BCUT2D eigenvalue weighted by Crippen LogP contribution is -2.53. The van der Waals surface area contributed by atoms with Crippen LogP contribution in [-0.4, -0.2) is 55.2 Å². The van der Waals surface area contributed by atoms with Gasteiger partial charge in [0.2, 0.25) is 0 Å². The molecule has 2 atom stereocenters. The van der Waals surface area contributed by atoms with Gasteiger partial charge in [0.15, 0.2) is 5.82 Å². The summed E-state index contributed by atoms with van der Waals surface area (Å²) in [4.78, 5) is 32.8. The van der Waals surface area contributed by atoms with E-state index in [-0.39, 0.29) is 18.0 Å². The van der Waals surface area contributed by atoms with Gasteiger partial charge in [0.25, 0.3) is 5.91 Å². The summed E-state index contributed by atoms with van der Waals surface area (Å²) < 4.78 is 9.78. The van der Waals surface area contributed by atoms with Gasteiger partial charge in [0.05, 0.1) is 16.7 Å². The van der Waals surface area contributed by atoms with Gasteiger partial charge in [-0.05, 0) is 77.8 Å². The summed E-state index contributed by atoms with van der Waals surface area (Å²) in [6.45, 7) is 11.0. The number of hydrogen-bond donors (Lipinski definition) is 1. The molecule has 4 aromatic rings. The second kappa shape index (κ2) is 9.82. The van der Waals surface area contributed by atoms with E-state index in [9.17, 15) is 9.59 Å². The van der Waals surface area contributed by atoms with E-state index in [1.807, 2.05) is 57.0 Å². The number of nitrogens with zero attached hydrogens (tertiary/aromatic N) is 4. The number of nitrogens with one attached hydrogen (secondary N) is 1. The van der Waals surface area contributed by atoms with Crippen molar-refractivity contribution in [2.24, 2.45) is 7.05 Å². The van der Waals surface area contributed by atoms with E-state index < -0.39 is 11.7 Å². The molecule has 5 rings (SSSR count). The van der Waals surface area contributed by atoms with Crippen LogP contribution in [0.3, 0.4) is 0 Å². The Balaban J connectivity index is 1.41. The highest BCUT2D eigenvalue weighted by atomic mass is 16.6. The van der Waals surface area contributed by atoms with Crippen molar-refractivity contribution in [2.45, 2.75) is 71.7 Å². The Morgan fingerprint density at radius 2 is 1.84 bits per heavy atom. The first kappa shape index (κ1) is 25.8. The second-order valence-electron chi connectivity index (χ2n) is 11.3. The Labute approximate surface area is 223 Å². The molecule has 1 fully saturated rings. The van der Waals surface area contributed by atoms with E-state index in [2.05, 4.69) is 52.6 Å². The average Bonchev–Trinajstić information content (AvgIpc) is 3.40. The van der Waals surface area contributed by atoms with Gasteiger partial charge < -0.3 is 24.1 Å². The highest BCUT2D eigenvalue weighted by Crippen LogP contribution is 2.30. The van der Waals surface area contributed by atoms with Crippen LogP contribution in [0.1, 0.15) is 57.8 Å². The number of aryl methyl sites for hydroxylation is 2. The van der Waals surface area contributed by atoms with Gasteiger partial charge in [-0.15, -0.1) is 0 Å². The van der Waals surface area contributed by atoms with Crippen molar-refractivity contribution in [2.75, 3.05) is 6.54 Å². The van der Waals surface area contributed by atoms with Crippen LogP contribution in [0, 0.1) is 0 Å². The van der Waals surface area contributed by atoms with Gasteiger partial charge in [0, 0.05) is 48.7 Å². The highest BCUT2D eigenvalue weighted by molar-refractivity contribution is 5.98. The lowest BCUT2D eigenvalue weighted by atomic mass is 9.98. The molecule has 1 N–H and O–H groups in total. The maximum atomic E-state index is 13.6. The number of amides is 2. The molecule has 0 radical (unpaired) electrons. The Bertz CT molecular complexity index is 1510. The van der Waals surface area contributed by atoms with Crippen molar-refractivity contribution < 1.29 is 14.3 Å². The number of carbonyl (C=O) groups is 2. The molecule has 0 bridgehead atoms. The summed E-state index contributed by atoms with van der Waals surface area (Å²) >= 11 is 0. The number of piperidine rings is 1. The normalized spacial score (nSPS) is 18.2. The van der Waals surface area contributed by atoms with Crippen LogP contribution >= 0.6 is 0 Å². The quantitative estimate of drug-likeness (QED) is 0.376. The van der Waals surface area contributed by atoms with E-state index in [0.29, 0.717) is 12.1 Å². The molecule has 1 aliphatic rings. The monoisotopic (exact) mass is 515 g/mol. The van der Waals surface area contributed by atoms with E-state index in [1.54, 1.807) is 0 Å². The molecule has 8 heteroatoms. The summed E-state index contributed by atoms with van der Waals surface area (Å²) in [7, 11) is 2.02. The predicted octanol–water partition coefficient (Wildman–Crippen LogP) is 5.73. The first-order valence-corrected chi connectivity index (χ1v) is 13.4. The number of benzene rings is 2. The number of likely N-dealkylation sites (tertiary alicyclic amines) is 1. The number of carbonyl (C=O) groups excluding carboxylic acids is 2. The maximum absolute atomic E-state index is 13.6. The van der Waals surface area contributed by atoms with Crippen LogP contribution in [0.15, 0.2) is 48.5 Å². The van der Waals surface area contributed by atoms with E-state index in [0.717, 1.165) is 41.9 Å². The van der Waals surface area contributed by atoms with E-state index in [4.69, 9.17) is 9.72 Å². The van der Waals surface area contributed by atoms with Crippen molar-refractivity contribution in [3.05, 3.63) is 54.1 Å². The van der Waals surface area contributed by atoms with Crippen LogP contribution in [0.4, 0.5) is 4.79 Å². The minimum Gasteiger partial charge on any atom is -0.444 e. The fourth-order valence-corrected chi connectivity index (χ4v) is 5.45.